The van der Waals surface area contributed by atoms with Crippen LogP contribution >= 0.6 is 0 Å². The summed E-state index contributed by atoms with van der Waals surface area (Å²) < 4.78 is 0. The maximum absolute atomic E-state index is 12.5. The van der Waals surface area contributed by atoms with Gasteiger partial charge in [0.1, 0.15) is 6.23 Å². The van der Waals surface area contributed by atoms with E-state index < -0.39 is 0 Å². The van der Waals surface area contributed by atoms with E-state index in [2.05, 4.69) is 15.5 Å². The molecule has 2 amide bonds. The third-order valence-corrected chi connectivity index (χ3v) is 6.81. The number of likely N-dealkylation sites (tertiary alicyclic amines) is 1. The predicted molar refractivity (Wildman–Crippen MR) is 88.8 cm³/mol. The van der Waals surface area contributed by atoms with Gasteiger partial charge in [-0.1, -0.05) is 0 Å². The van der Waals surface area contributed by atoms with Crippen LogP contribution in [-0.2, 0) is 0 Å². The fraction of sp³-hybridized carbons (Fsp3) is 0.944. The first-order valence-corrected chi connectivity index (χ1v) is 9.52. The minimum Gasteiger partial charge on any atom is -0.379 e. The number of carbonyl (C=O) groups excluding carboxylic acids is 1. The van der Waals surface area contributed by atoms with Crippen LogP contribution in [0.4, 0.5) is 4.79 Å². The molecule has 0 aromatic carbocycles. The molecule has 0 aromatic rings. The number of nitrogens with zero attached hydrogens (tertiary/aromatic N) is 1. The van der Waals surface area contributed by atoms with Crippen molar-refractivity contribution in [2.45, 2.75) is 76.1 Å². The lowest BCUT2D eigenvalue weighted by molar-refractivity contribution is -0.0144. The number of piperidine rings is 1. The van der Waals surface area contributed by atoms with Gasteiger partial charge in [-0.15, -0.1) is 0 Å². The molecule has 23 heavy (non-hydrogen) atoms. The number of hydrogen-bond donors (Lipinski definition) is 3. The van der Waals surface area contributed by atoms with Gasteiger partial charge in [-0.2, -0.15) is 0 Å². The highest BCUT2D eigenvalue weighted by atomic mass is 16.3. The molecule has 5 aliphatic rings. The van der Waals surface area contributed by atoms with E-state index in [0.29, 0.717) is 0 Å². The topological polar surface area (TPSA) is 64.6 Å². The molecule has 0 aromatic heterocycles. The minimum absolute atomic E-state index is 0.0439. The van der Waals surface area contributed by atoms with E-state index in [1.807, 2.05) is 6.92 Å². The van der Waals surface area contributed by atoms with Crippen molar-refractivity contribution in [3.8, 4) is 0 Å². The fourth-order valence-corrected chi connectivity index (χ4v) is 6.14. The Bertz CT molecular complexity index is 422. The van der Waals surface area contributed by atoms with Crippen molar-refractivity contribution < 1.29 is 9.90 Å². The SMILES string of the molecule is CC(O)N1CCC(NC(=O)NC23CC4CC(CC(C4)C2)C3)CC1. The third-order valence-electron chi connectivity index (χ3n) is 6.81. The Morgan fingerprint density at radius 1 is 1.09 bits per heavy atom. The Kier molecular flexibility index (Phi) is 4.04. The molecular formula is C18H31N3O2. The zero-order chi connectivity index (χ0) is 16.0. The van der Waals surface area contributed by atoms with Crippen LogP contribution in [0.15, 0.2) is 0 Å². The number of amides is 2. The molecule has 5 rings (SSSR count). The highest BCUT2D eigenvalue weighted by Gasteiger charge is 2.51. The molecule has 1 atom stereocenters. The fourth-order valence-electron chi connectivity index (χ4n) is 6.14. The summed E-state index contributed by atoms with van der Waals surface area (Å²) in [7, 11) is 0. The van der Waals surface area contributed by atoms with Crippen LogP contribution in [0.5, 0.6) is 0 Å². The summed E-state index contributed by atoms with van der Waals surface area (Å²) >= 11 is 0. The Morgan fingerprint density at radius 3 is 2.09 bits per heavy atom. The summed E-state index contributed by atoms with van der Waals surface area (Å²) in [6, 6.07) is 0.293. The van der Waals surface area contributed by atoms with E-state index in [1.54, 1.807) is 0 Å². The maximum Gasteiger partial charge on any atom is 0.315 e. The van der Waals surface area contributed by atoms with Crippen molar-refractivity contribution in [1.29, 1.82) is 0 Å². The number of carbonyl (C=O) groups is 1. The van der Waals surface area contributed by atoms with E-state index in [4.69, 9.17) is 0 Å². The van der Waals surface area contributed by atoms with Gasteiger partial charge >= 0.3 is 6.03 Å². The van der Waals surface area contributed by atoms with E-state index in [0.717, 1.165) is 43.7 Å². The van der Waals surface area contributed by atoms with Gasteiger partial charge in [0.05, 0.1) is 0 Å². The van der Waals surface area contributed by atoms with Gasteiger partial charge in [-0.05, 0) is 76.0 Å². The van der Waals surface area contributed by atoms with E-state index in [-0.39, 0.29) is 23.8 Å². The highest BCUT2D eigenvalue weighted by Crippen LogP contribution is 2.55. The standard InChI is InChI=1S/C18H31N3O2/c1-12(22)21-4-2-16(3-5-21)19-17(23)20-18-9-13-6-14(10-18)8-15(7-13)11-18/h12-16,22H,2-11H2,1H3,(H2,19,20,23). The molecule has 130 valence electrons. The van der Waals surface area contributed by atoms with Gasteiger partial charge in [0.15, 0.2) is 0 Å². The molecule has 5 nitrogen and oxygen atoms in total. The van der Waals surface area contributed by atoms with Crippen LogP contribution in [0.2, 0.25) is 0 Å². The minimum atomic E-state index is -0.378. The predicted octanol–water partition coefficient (Wildman–Crippen LogP) is 2.06. The van der Waals surface area contributed by atoms with Gasteiger partial charge in [0.25, 0.3) is 0 Å². The van der Waals surface area contributed by atoms with Crippen LogP contribution < -0.4 is 10.6 Å². The summed E-state index contributed by atoms with van der Waals surface area (Å²) in [5.41, 5.74) is 0.0964. The summed E-state index contributed by atoms with van der Waals surface area (Å²) in [4.78, 5) is 14.6. The number of hydrogen-bond acceptors (Lipinski definition) is 3. The first kappa shape index (κ1) is 15.7. The Labute approximate surface area is 139 Å². The van der Waals surface area contributed by atoms with E-state index >= 15 is 0 Å². The van der Waals surface area contributed by atoms with Crippen molar-refractivity contribution in [3.05, 3.63) is 0 Å². The lowest BCUT2D eigenvalue weighted by Crippen LogP contribution is -2.62. The highest BCUT2D eigenvalue weighted by molar-refractivity contribution is 5.75. The molecular weight excluding hydrogens is 290 g/mol. The normalized spacial score (nSPS) is 41.7. The number of aliphatic hydroxyl groups excluding tert-OH is 1. The molecule has 0 spiro atoms. The summed E-state index contributed by atoms with van der Waals surface area (Å²) in [6.45, 7) is 3.54. The monoisotopic (exact) mass is 321 g/mol. The molecule has 5 heteroatoms. The zero-order valence-corrected chi connectivity index (χ0v) is 14.3. The molecule has 4 saturated carbocycles. The largest absolute Gasteiger partial charge is 0.379 e. The second kappa shape index (κ2) is 5.92. The second-order valence-corrected chi connectivity index (χ2v) is 8.74. The Hall–Kier alpha value is -0.810. The average molecular weight is 321 g/mol. The molecule has 0 radical (unpaired) electrons. The number of urea groups is 1. The Morgan fingerprint density at radius 2 is 1.61 bits per heavy atom. The molecule has 4 aliphatic carbocycles. The second-order valence-electron chi connectivity index (χ2n) is 8.74. The quantitative estimate of drug-likeness (QED) is 0.745. The number of rotatable bonds is 3. The van der Waals surface area contributed by atoms with Crippen molar-refractivity contribution in [2.75, 3.05) is 13.1 Å². The van der Waals surface area contributed by atoms with Crippen molar-refractivity contribution >= 4 is 6.03 Å². The lowest BCUT2D eigenvalue weighted by Gasteiger charge is -2.56. The molecule has 1 unspecified atom stereocenters. The van der Waals surface area contributed by atoms with Crippen LogP contribution in [0.3, 0.4) is 0 Å². The summed E-state index contributed by atoms with van der Waals surface area (Å²) in [5.74, 6) is 2.57. The number of nitrogens with one attached hydrogen (secondary N) is 2. The lowest BCUT2D eigenvalue weighted by atomic mass is 9.53. The van der Waals surface area contributed by atoms with Crippen LogP contribution in [-0.4, -0.2) is 46.9 Å². The average Bonchev–Trinajstić information content (AvgIpc) is 2.45. The van der Waals surface area contributed by atoms with Crippen LogP contribution in [0.25, 0.3) is 0 Å². The first-order valence-electron chi connectivity index (χ1n) is 9.52. The van der Waals surface area contributed by atoms with Gasteiger partial charge < -0.3 is 15.7 Å². The molecule has 1 aliphatic heterocycles. The van der Waals surface area contributed by atoms with Crippen LogP contribution in [0.1, 0.15) is 58.3 Å². The zero-order valence-electron chi connectivity index (χ0n) is 14.3. The van der Waals surface area contributed by atoms with Gasteiger partial charge in [0, 0.05) is 24.7 Å². The van der Waals surface area contributed by atoms with E-state index in [9.17, 15) is 9.90 Å². The van der Waals surface area contributed by atoms with Gasteiger partial charge in [-0.3, -0.25) is 4.90 Å². The van der Waals surface area contributed by atoms with Crippen molar-refractivity contribution in [1.82, 2.24) is 15.5 Å². The molecule has 5 fully saturated rings. The molecule has 4 bridgehead atoms. The summed E-state index contributed by atoms with van der Waals surface area (Å²) in [5, 5.41) is 16.2. The summed E-state index contributed by atoms with van der Waals surface area (Å²) in [6.07, 6.45) is 9.29. The van der Waals surface area contributed by atoms with E-state index in [1.165, 1.54) is 38.5 Å². The smallest absolute Gasteiger partial charge is 0.315 e. The van der Waals surface area contributed by atoms with Crippen molar-refractivity contribution in [2.24, 2.45) is 17.8 Å². The van der Waals surface area contributed by atoms with Crippen molar-refractivity contribution in [3.63, 3.8) is 0 Å². The molecule has 1 heterocycles. The molecule has 3 N–H and O–H groups in total. The van der Waals surface area contributed by atoms with Gasteiger partial charge in [-0.25, -0.2) is 4.79 Å². The molecule has 1 saturated heterocycles. The maximum atomic E-state index is 12.5. The van der Waals surface area contributed by atoms with Crippen LogP contribution in [0, 0.1) is 17.8 Å². The number of aliphatic hydroxyl groups is 1. The first-order chi connectivity index (χ1) is 11.0. The van der Waals surface area contributed by atoms with Gasteiger partial charge in [0.2, 0.25) is 0 Å². The third kappa shape index (κ3) is 3.22. The Balaban J connectivity index is 1.29.